The molecular weight excluding hydrogens is 268 g/mol. The molecule has 0 amide bonds. The van der Waals surface area contributed by atoms with Gasteiger partial charge in [0, 0.05) is 5.56 Å². The lowest BCUT2D eigenvalue weighted by Gasteiger charge is -2.46. The Bertz CT molecular complexity index is 464. The van der Waals surface area contributed by atoms with Gasteiger partial charge in [0.1, 0.15) is 24.4 Å². The zero-order chi connectivity index (χ0) is 14.9. The van der Waals surface area contributed by atoms with Crippen LogP contribution in [-0.2, 0) is 17.1 Å². The van der Waals surface area contributed by atoms with Crippen LogP contribution in [0.3, 0.4) is 0 Å². The van der Waals surface area contributed by atoms with Crippen LogP contribution in [0.25, 0.3) is 0 Å². The van der Waals surface area contributed by atoms with Crippen molar-refractivity contribution in [2.24, 2.45) is 0 Å². The third-order valence-electron chi connectivity index (χ3n) is 3.54. The quantitative estimate of drug-likeness (QED) is 0.372. The van der Waals surface area contributed by atoms with E-state index < -0.39 is 43.4 Å². The van der Waals surface area contributed by atoms with Gasteiger partial charge in [-0.1, -0.05) is 24.3 Å². The van der Waals surface area contributed by atoms with Crippen LogP contribution in [0, 0.1) is 0 Å². The Kier molecular flexibility index (Phi) is 4.40. The Morgan fingerprint density at radius 1 is 1.05 bits per heavy atom. The normalized spacial score (nSPS) is 37.9. The predicted octanol–water partition coefficient (Wildman–Crippen LogP) is -2.20. The first-order valence-electron chi connectivity index (χ1n) is 6.20. The molecule has 1 saturated heterocycles. The number of hydrogen-bond donors (Lipinski definition) is 6. The van der Waals surface area contributed by atoms with Crippen molar-refractivity contribution in [3.63, 3.8) is 0 Å². The third kappa shape index (κ3) is 2.33. The highest BCUT2D eigenvalue weighted by Gasteiger charge is 2.54. The molecule has 7 heteroatoms. The van der Waals surface area contributed by atoms with E-state index in [2.05, 4.69) is 0 Å². The Labute approximate surface area is 115 Å². The van der Waals surface area contributed by atoms with Crippen molar-refractivity contribution >= 4 is 0 Å². The maximum absolute atomic E-state index is 10.5. The summed E-state index contributed by atoms with van der Waals surface area (Å²) in [6.45, 7) is -1.05. The smallest absolute Gasteiger partial charge is 0.222 e. The molecule has 6 N–H and O–H groups in total. The van der Waals surface area contributed by atoms with Gasteiger partial charge >= 0.3 is 0 Å². The zero-order valence-corrected chi connectivity index (χ0v) is 10.6. The van der Waals surface area contributed by atoms with E-state index in [9.17, 15) is 25.5 Å². The first kappa shape index (κ1) is 15.3. The summed E-state index contributed by atoms with van der Waals surface area (Å²) in [6.07, 6.45) is -6.31. The lowest BCUT2D eigenvalue weighted by molar-refractivity contribution is -0.358. The minimum atomic E-state index is -2.33. The summed E-state index contributed by atoms with van der Waals surface area (Å²) in [7, 11) is 0. The molecule has 1 aromatic carbocycles. The summed E-state index contributed by atoms with van der Waals surface area (Å²) in [5.41, 5.74) is 0.369. The molecule has 5 atom stereocenters. The number of benzene rings is 1. The highest BCUT2D eigenvalue weighted by atomic mass is 16.7. The molecule has 0 unspecified atom stereocenters. The first-order chi connectivity index (χ1) is 9.45. The Hall–Kier alpha value is -1.06. The predicted molar refractivity (Wildman–Crippen MR) is 66.2 cm³/mol. The fourth-order valence-electron chi connectivity index (χ4n) is 2.38. The topological polar surface area (TPSA) is 131 Å². The standard InChI is InChI=1S/C13H18O7/c14-5-7-3-1-2-4-8(7)13(19)12(18)11(17)10(16)9(6-15)20-13/h1-4,9-12,14-19H,5-6H2/t9-,10-,11+,12-,13-/m1/s1. The maximum Gasteiger partial charge on any atom is 0.222 e. The van der Waals surface area contributed by atoms with Gasteiger partial charge in [0.05, 0.1) is 13.2 Å². The Morgan fingerprint density at radius 3 is 2.30 bits per heavy atom. The minimum Gasteiger partial charge on any atom is -0.394 e. The molecule has 1 aliphatic rings. The van der Waals surface area contributed by atoms with Crippen LogP contribution in [0.5, 0.6) is 0 Å². The number of hydrogen-bond acceptors (Lipinski definition) is 7. The molecule has 0 aromatic heterocycles. The first-order valence-corrected chi connectivity index (χ1v) is 6.20. The van der Waals surface area contributed by atoms with Crippen molar-refractivity contribution in [1.29, 1.82) is 0 Å². The van der Waals surface area contributed by atoms with Gasteiger partial charge in [-0.25, -0.2) is 0 Å². The molecule has 7 nitrogen and oxygen atoms in total. The van der Waals surface area contributed by atoms with Gasteiger partial charge in [0.15, 0.2) is 0 Å². The lowest BCUT2D eigenvalue weighted by Crippen LogP contribution is -2.63. The SMILES string of the molecule is OCc1ccccc1[C@@]1(O)O[C@H](CO)[C@@H](O)[C@H](O)[C@H]1O. The summed E-state index contributed by atoms with van der Waals surface area (Å²) in [4.78, 5) is 0. The molecular formula is C13H18O7. The van der Waals surface area contributed by atoms with Crippen LogP contribution in [0.15, 0.2) is 24.3 Å². The molecule has 0 radical (unpaired) electrons. The van der Waals surface area contributed by atoms with E-state index in [0.29, 0.717) is 5.56 Å². The highest BCUT2D eigenvalue weighted by Crippen LogP contribution is 2.37. The molecule has 0 aliphatic carbocycles. The second-order valence-electron chi connectivity index (χ2n) is 4.78. The second kappa shape index (κ2) is 5.74. The van der Waals surface area contributed by atoms with E-state index in [0.717, 1.165) is 0 Å². The molecule has 1 aromatic rings. The van der Waals surface area contributed by atoms with Gasteiger partial charge in [-0.15, -0.1) is 0 Å². The van der Waals surface area contributed by atoms with E-state index >= 15 is 0 Å². The van der Waals surface area contributed by atoms with Crippen LogP contribution in [0.2, 0.25) is 0 Å². The Balaban J connectivity index is 2.46. The third-order valence-corrected chi connectivity index (χ3v) is 3.54. The molecule has 0 bridgehead atoms. The minimum absolute atomic E-state index is 0.0689. The molecule has 20 heavy (non-hydrogen) atoms. The number of rotatable bonds is 3. The number of aliphatic hydroxyl groups excluding tert-OH is 5. The fraction of sp³-hybridized carbons (Fsp3) is 0.538. The van der Waals surface area contributed by atoms with Gasteiger partial charge in [-0.2, -0.15) is 0 Å². The van der Waals surface area contributed by atoms with E-state index in [1.54, 1.807) is 12.1 Å². The molecule has 1 aliphatic heterocycles. The Morgan fingerprint density at radius 2 is 1.70 bits per heavy atom. The summed E-state index contributed by atoms with van der Waals surface area (Å²) in [5.74, 6) is -2.33. The van der Waals surface area contributed by atoms with E-state index in [4.69, 9.17) is 9.84 Å². The number of aliphatic hydroxyl groups is 6. The monoisotopic (exact) mass is 286 g/mol. The number of ether oxygens (including phenoxy) is 1. The zero-order valence-electron chi connectivity index (χ0n) is 10.6. The molecule has 1 fully saturated rings. The highest BCUT2D eigenvalue weighted by molar-refractivity contribution is 5.32. The average molecular weight is 286 g/mol. The van der Waals surface area contributed by atoms with E-state index in [1.807, 2.05) is 0 Å². The molecule has 0 saturated carbocycles. The van der Waals surface area contributed by atoms with Crippen LogP contribution in [-0.4, -0.2) is 61.7 Å². The van der Waals surface area contributed by atoms with Crippen LogP contribution in [0.4, 0.5) is 0 Å². The van der Waals surface area contributed by atoms with Crippen LogP contribution < -0.4 is 0 Å². The summed E-state index contributed by atoms with van der Waals surface area (Å²) < 4.78 is 5.18. The van der Waals surface area contributed by atoms with Gasteiger partial charge in [0.2, 0.25) is 5.79 Å². The van der Waals surface area contributed by atoms with Crippen molar-refractivity contribution < 1.29 is 35.4 Å². The summed E-state index contributed by atoms with van der Waals surface area (Å²) >= 11 is 0. The summed E-state index contributed by atoms with van der Waals surface area (Å²) in [5, 5.41) is 58.4. The van der Waals surface area contributed by atoms with Gasteiger partial charge in [-0.3, -0.25) is 0 Å². The fourth-order valence-corrected chi connectivity index (χ4v) is 2.38. The average Bonchev–Trinajstić information content (AvgIpc) is 2.48. The van der Waals surface area contributed by atoms with Gasteiger partial charge < -0.3 is 35.4 Å². The molecule has 2 rings (SSSR count). The lowest BCUT2D eigenvalue weighted by atomic mass is 9.86. The van der Waals surface area contributed by atoms with Crippen molar-refractivity contribution in [3.8, 4) is 0 Å². The summed E-state index contributed by atoms with van der Waals surface area (Å²) in [6, 6.07) is 6.14. The second-order valence-corrected chi connectivity index (χ2v) is 4.78. The molecule has 1 heterocycles. The molecule has 112 valence electrons. The van der Waals surface area contributed by atoms with Crippen LogP contribution in [0.1, 0.15) is 11.1 Å². The van der Waals surface area contributed by atoms with Crippen LogP contribution >= 0.6 is 0 Å². The van der Waals surface area contributed by atoms with E-state index in [1.165, 1.54) is 12.1 Å². The van der Waals surface area contributed by atoms with Crippen molar-refractivity contribution in [2.75, 3.05) is 6.61 Å². The van der Waals surface area contributed by atoms with E-state index in [-0.39, 0.29) is 5.56 Å². The van der Waals surface area contributed by atoms with Crippen molar-refractivity contribution in [2.45, 2.75) is 36.8 Å². The van der Waals surface area contributed by atoms with Crippen molar-refractivity contribution in [1.82, 2.24) is 0 Å². The van der Waals surface area contributed by atoms with Crippen molar-refractivity contribution in [3.05, 3.63) is 35.4 Å². The van der Waals surface area contributed by atoms with Gasteiger partial charge in [-0.05, 0) is 5.56 Å². The largest absolute Gasteiger partial charge is 0.394 e. The van der Waals surface area contributed by atoms with Gasteiger partial charge in [0.25, 0.3) is 0 Å². The molecule has 0 spiro atoms. The maximum atomic E-state index is 10.5.